The average Bonchev–Trinajstić information content (AvgIpc) is 2.34. The van der Waals surface area contributed by atoms with E-state index >= 15 is 0 Å². The Morgan fingerprint density at radius 1 is 1.06 bits per heavy atom. The number of hydrogen-bond donors (Lipinski definition) is 1. The zero-order valence-corrected chi connectivity index (χ0v) is 9.64. The fourth-order valence-corrected chi connectivity index (χ4v) is 1.26. The monoisotopic (exact) mass is 228 g/mol. The fourth-order valence-electron chi connectivity index (χ4n) is 1.26. The molecule has 0 bridgehead atoms. The first kappa shape index (κ1) is 11.2. The Bertz CT molecular complexity index is 539. The van der Waals surface area contributed by atoms with Crippen LogP contribution >= 0.6 is 0 Å². The molecular weight excluding hydrogens is 216 g/mol. The van der Waals surface area contributed by atoms with Crippen molar-refractivity contribution in [1.82, 2.24) is 15.2 Å². The Balaban J connectivity index is 2.18. The first-order valence-electron chi connectivity index (χ1n) is 5.21. The highest BCUT2D eigenvalue weighted by Crippen LogP contribution is 2.06. The predicted molar refractivity (Wildman–Crippen MR) is 63.7 cm³/mol. The molecule has 2 aromatic rings. The molecule has 1 N–H and O–H groups in total. The van der Waals surface area contributed by atoms with Gasteiger partial charge in [-0.15, -0.1) is 5.10 Å². The Morgan fingerprint density at radius 3 is 2.41 bits per heavy atom. The predicted octanol–water partition coefficient (Wildman–Crippen LogP) is 1.74. The highest BCUT2D eigenvalue weighted by Gasteiger charge is 2.11. The molecule has 0 aliphatic rings. The number of carbonyl (C=O) groups excluding carboxylic acids is 1. The van der Waals surface area contributed by atoms with Crippen molar-refractivity contribution in [3.63, 3.8) is 0 Å². The summed E-state index contributed by atoms with van der Waals surface area (Å²) in [7, 11) is 0. The Kier molecular flexibility index (Phi) is 3.09. The molecule has 1 aromatic heterocycles. The topological polar surface area (TPSA) is 67.8 Å². The Hall–Kier alpha value is -2.30. The van der Waals surface area contributed by atoms with E-state index in [0.29, 0.717) is 11.4 Å². The van der Waals surface area contributed by atoms with Gasteiger partial charge in [0.15, 0.2) is 0 Å². The van der Waals surface area contributed by atoms with Crippen molar-refractivity contribution in [2.24, 2.45) is 0 Å². The molecule has 1 heterocycles. The molecule has 0 unspecified atom stereocenters. The van der Waals surface area contributed by atoms with Crippen LogP contribution in [0.3, 0.4) is 0 Å². The van der Waals surface area contributed by atoms with E-state index in [9.17, 15) is 4.79 Å². The Labute approximate surface area is 98.9 Å². The highest BCUT2D eigenvalue weighted by atomic mass is 16.2. The van der Waals surface area contributed by atoms with Crippen LogP contribution < -0.4 is 5.32 Å². The molecule has 0 saturated carbocycles. The summed E-state index contributed by atoms with van der Waals surface area (Å²) in [5.74, 6) is -0.274. The number of nitrogens with zero attached hydrogens (tertiary/aromatic N) is 3. The van der Waals surface area contributed by atoms with Crippen molar-refractivity contribution in [2.75, 3.05) is 5.32 Å². The van der Waals surface area contributed by atoms with Crippen molar-refractivity contribution in [3.05, 3.63) is 47.5 Å². The van der Waals surface area contributed by atoms with Gasteiger partial charge in [0.1, 0.15) is 0 Å². The molecule has 1 amide bonds. The lowest BCUT2D eigenvalue weighted by Crippen LogP contribution is -2.17. The SMILES string of the molecule is Cc1nnc(C(=O)Nc2ccccc2)nc1C. The minimum atomic E-state index is -0.355. The van der Waals surface area contributed by atoms with Gasteiger partial charge in [-0.2, -0.15) is 5.10 Å². The van der Waals surface area contributed by atoms with E-state index in [1.807, 2.05) is 18.2 Å². The number of rotatable bonds is 2. The maximum absolute atomic E-state index is 11.8. The lowest BCUT2D eigenvalue weighted by molar-refractivity contribution is 0.101. The van der Waals surface area contributed by atoms with Crippen molar-refractivity contribution in [3.8, 4) is 0 Å². The second-order valence-corrected chi connectivity index (χ2v) is 3.63. The van der Waals surface area contributed by atoms with E-state index in [1.165, 1.54) is 0 Å². The van der Waals surface area contributed by atoms with Crippen molar-refractivity contribution >= 4 is 11.6 Å². The summed E-state index contributed by atoms with van der Waals surface area (Å²) in [6.07, 6.45) is 0. The number of aryl methyl sites for hydroxylation is 2. The number of carbonyl (C=O) groups is 1. The van der Waals surface area contributed by atoms with E-state index in [1.54, 1.807) is 26.0 Å². The standard InChI is InChI=1S/C12H12N4O/c1-8-9(2)15-16-11(13-8)12(17)14-10-6-4-3-5-7-10/h3-7H,1-2H3,(H,14,17). The molecule has 1 aromatic carbocycles. The maximum Gasteiger partial charge on any atom is 0.295 e. The van der Waals surface area contributed by atoms with E-state index in [2.05, 4.69) is 20.5 Å². The zero-order valence-electron chi connectivity index (χ0n) is 9.64. The summed E-state index contributed by atoms with van der Waals surface area (Å²) in [5, 5.41) is 10.3. The molecule has 2 rings (SSSR count). The number of amides is 1. The molecule has 0 fully saturated rings. The van der Waals surface area contributed by atoms with E-state index in [4.69, 9.17) is 0 Å². The lowest BCUT2D eigenvalue weighted by atomic mass is 10.3. The average molecular weight is 228 g/mol. The van der Waals surface area contributed by atoms with Gasteiger partial charge in [0.25, 0.3) is 5.91 Å². The molecule has 0 aliphatic heterocycles. The van der Waals surface area contributed by atoms with E-state index < -0.39 is 0 Å². The number of aromatic nitrogens is 3. The first-order valence-corrected chi connectivity index (χ1v) is 5.21. The molecule has 0 spiro atoms. The third-order valence-corrected chi connectivity index (χ3v) is 2.33. The molecule has 5 nitrogen and oxygen atoms in total. The van der Waals surface area contributed by atoms with E-state index in [-0.39, 0.29) is 11.7 Å². The van der Waals surface area contributed by atoms with Crippen LogP contribution in [-0.4, -0.2) is 21.1 Å². The van der Waals surface area contributed by atoms with Gasteiger partial charge in [0, 0.05) is 5.69 Å². The van der Waals surface area contributed by atoms with Gasteiger partial charge in [-0.05, 0) is 26.0 Å². The van der Waals surface area contributed by atoms with Crippen molar-refractivity contribution in [2.45, 2.75) is 13.8 Å². The summed E-state index contributed by atoms with van der Waals surface area (Å²) in [5.41, 5.74) is 2.14. The summed E-state index contributed by atoms with van der Waals surface area (Å²) in [4.78, 5) is 15.9. The number of para-hydroxylation sites is 1. The Morgan fingerprint density at radius 2 is 1.76 bits per heavy atom. The van der Waals surface area contributed by atoms with Crippen LogP contribution in [0.4, 0.5) is 5.69 Å². The number of anilines is 1. The van der Waals surface area contributed by atoms with Gasteiger partial charge >= 0.3 is 0 Å². The number of nitrogens with one attached hydrogen (secondary N) is 1. The van der Waals surface area contributed by atoms with Crippen molar-refractivity contribution in [1.29, 1.82) is 0 Å². The quantitative estimate of drug-likeness (QED) is 0.850. The molecule has 17 heavy (non-hydrogen) atoms. The van der Waals surface area contributed by atoms with Gasteiger partial charge < -0.3 is 5.32 Å². The largest absolute Gasteiger partial charge is 0.319 e. The lowest BCUT2D eigenvalue weighted by Gasteiger charge is -2.04. The van der Waals surface area contributed by atoms with E-state index in [0.717, 1.165) is 5.69 Å². The van der Waals surface area contributed by atoms with Crippen molar-refractivity contribution < 1.29 is 4.79 Å². The summed E-state index contributed by atoms with van der Waals surface area (Å²) in [6, 6.07) is 9.16. The molecule has 86 valence electrons. The fraction of sp³-hybridized carbons (Fsp3) is 0.167. The highest BCUT2D eigenvalue weighted by molar-refractivity contribution is 6.01. The molecular formula is C12H12N4O. The second-order valence-electron chi connectivity index (χ2n) is 3.63. The van der Waals surface area contributed by atoms with Gasteiger partial charge in [-0.1, -0.05) is 18.2 Å². The molecule has 0 aliphatic carbocycles. The molecule has 0 radical (unpaired) electrons. The third-order valence-electron chi connectivity index (χ3n) is 2.33. The minimum absolute atomic E-state index is 0.0805. The second kappa shape index (κ2) is 4.69. The van der Waals surface area contributed by atoms with Crippen LogP contribution in [0.25, 0.3) is 0 Å². The normalized spacial score (nSPS) is 10.0. The number of hydrogen-bond acceptors (Lipinski definition) is 4. The van der Waals surface area contributed by atoms with Crippen LogP contribution in [0.15, 0.2) is 30.3 Å². The number of benzene rings is 1. The molecule has 0 saturated heterocycles. The van der Waals surface area contributed by atoms with Crippen LogP contribution in [0, 0.1) is 13.8 Å². The minimum Gasteiger partial charge on any atom is -0.319 e. The summed E-state index contributed by atoms with van der Waals surface area (Å²) < 4.78 is 0. The summed E-state index contributed by atoms with van der Waals surface area (Å²) in [6.45, 7) is 3.59. The third kappa shape index (κ3) is 2.63. The maximum atomic E-state index is 11.8. The van der Waals surface area contributed by atoms with Crippen LogP contribution in [0.1, 0.15) is 22.0 Å². The summed E-state index contributed by atoms with van der Waals surface area (Å²) >= 11 is 0. The first-order chi connectivity index (χ1) is 8.16. The van der Waals surface area contributed by atoms with Crippen LogP contribution in [-0.2, 0) is 0 Å². The molecule has 5 heteroatoms. The smallest absolute Gasteiger partial charge is 0.295 e. The van der Waals surface area contributed by atoms with Crippen LogP contribution in [0.5, 0.6) is 0 Å². The van der Waals surface area contributed by atoms with Gasteiger partial charge in [-0.25, -0.2) is 4.98 Å². The van der Waals surface area contributed by atoms with Crippen LogP contribution in [0.2, 0.25) is 0 Å². The van der Waals surface area contributed by atoms with Gasteiger partial charge in [-0.3, -0.25) is 4.79 Å². The zero-order chi connectivity index (χ0) is 12.3. The molecule has 0 atom stereocenters. The van der Waals surface area contributed by atoms with Gasteiger partial charge in [0.05, 0.1) is 11.4 Å². The van der Waals surface area contributed by atoms with Gasteiger partial charge in [0.2, 0.25) is 5.82 Å².